The van der Waals surface area contributed by atoms with Crippen LogP contribution >= 0.6 is 0 Å². The highest BCUT2D eigenvalue weighted by Crippen LogP contribution is 2.37. The van der Waals surface area contributed by atoms with Gasteiger partial charge in [-0.3, -0.25) is 0 Å². The Labute approximate surface area is 110 Å². The van der Waals surface area contributed by atoms with Crippen molar-refractivity contribution in [2.24, 2.45) is 5.14 Å². The number of rotatable bonds is 5. The number of hydrogen-bond donors (Lipinski definition) is 2. The zero-order valence-corrected chi connectivity index (χ0v) is 10.4. The Morgan fingerprint density at radius 3 is 2.20 bits per heavy atom. The van der Waals surface area contributed by atoms with Gasteiger partial charge in [-0.2, -0.15) is 35.1 Å². The van der Waals surface area contributed by atoms with Crippen molar-refractivity contribution in [2.75, 3.05) is 0 Å². The number of para-hydroxylation sites is 1. The minimum atomic E-state index is -5.09. The second-order valence-electron chi connectivity index (χ2n) is 3.55. The van der Waals surface area contributed by atoms with Crippen LogP contribution in [-0.4, -0.2) is 21.2 Å². The number of nitrogens with one attached hydrogen (secondary N) is 1. The molecule has 0 bridgehead atoms. The lowest BCUT2D eigenvalue weighted by atomic mass is 10.1. The minimum absolute atomic E-state index is 0.800. The second kappa shape index (κ2) is 5.89. The summed E-state index contributed by atoms with van der Waals surface area (Å²) in [7, 11) is -4.71. The summed E-state index contributed by atoms with van der Waals surface area (Å²) in [5, 5.41) is 4.49. The van der Waals surface area contributed by atoms with Crippen LogP contribution in [0, 0.1) is 0 Å². The van der Waals surface area contributed by atoms with Crippen molar-refractivity contribution in [2.45, 2.75) is 18.8 Å². The van der Waals surface area contributed by atoms with Gasteiger partial charge in [0.2, 0.25) is 0 Å². The maximum atomic E-state index is 12.8. The van der Waals surface area contributed by atoms with E-state index >= 15 is 0 Å². The van der Waals surface area contributed by atoms with Crippen molar-refractivity contribution in [3.8, 4) is 5.75 Å². The Kier molecular flexibility index (Phi) is 4.89. The predicted octanol–water partition coefficient (Wildman–Crippen LogP) is 1.68. The third-order valence-corrected chi connectivity index (χ3v) is 2.62. The van der Waals surface area contributed by atoms with Crippen LogP contribution in [0.3, 0.4) is 0 Å². The molecule has 0 unspecified atom stereocenters. The van der Waals surface area contributed by atoms with E-state index < -0.39 is 40.4 Å². The Balaban J connectivity index is 3.27. The summed E-state index contributed by atoms with van der Waals surface area (Å²) in [5.41, 5.74) is -0.825. The molecule has 0 aliphatic rings. The highest BCUT2D eigenvalue weighted by Gasteiger charge is 2.44. The molecule has 1 aromatic carbocycles. The van der Waals surface area contributed by atoms with Crippen molar-refractivity contribution >= 4 is 10.2 Å². The molecule has 0 spiro atoms. The standard InChI is InChI=1S/C9H9F5N2O3S/c10-8(11)19-6-4-2-1-3-5(6)7(9(12,13)14)16-20(15,17)18/h1-4,7-8,16H,(H2,15,17,18)/t7-/m1/s1. The molecule has 0 saturated carbocycles. The zero-order valence-electron chi connectivity index (χ0n) is 9.56. The Morgan fingerprint density at radius 1 is 1.20 bits per heavy atom. The van der Waals surface area contributed by atoms with E-state index in [1.807, 2.05) is 0 Å². The molecule has 20 heavy (non-hydrogen) atoms. The topological polar surface area (TPSA) is 81.4 Å². The van der Waals surface area contributed by atoms with Crippen LogP contribution in [0.5, 0.6) is 5.75 Å². The Hall–Kier alpha value is -1.46. The van der Waals surface area contributed by atoms with Gasteiger partial charge in [0, 0.05) is 5.56 Å². The lowest BCUT2D eigenvalue weighted by molar-refractivity contribution is -0.154. The molecule has 5 nitrogen and oxygen atoms in total. The minimum Gasteiger partial charge on any atom is -0.434 e. The molecule has 0 heterocycles. The van der Waals surface area contributed by atoms with Gasteiger partial charge in [0.1, 0.15) is 11.8 Å². The van der Waals surface area contributed by atoms with E-state index in [1.54, 1.807) is 0 Å². The van der Waals surface area contributed by atoms with Crippen molar-refractivity contribution in [1.29, 1.82) is 0 Å². The van der Waals surface area contributed by atoms with Gasteiger partial charge < -0.3 is 4.74 Å². The molecule has 0 radical (unpaired) electrons. The number of halogens is 5. The molecule has 0 fully saturated rings. The molecule has 0 aromatic heterocycles. The lowest BCUT2D eigenvalue weighted by Crippen LogP contribution is -2.41. The third kappa shape index (κ3) is 4.90. The predicted molar refractivity (Wildman–Crippen MR) is 58.1 cm³/mol. The summed E-state index contributed by atoms with van der Waals surface area (Å²) in [5.74, 6) is -0.805. The van der Waals surface area contributed by atoms with Crippen LogP contribution in [-0.2, 0) is 10.2 Å². The van der Waals surface area contributed by atoms with Gasteiger partial charge in [-0.25, -0.2) is 5.14 Å². The fourth-order valence-electron chi connectivity index (χ4n) is 1.39. The molecular weight excluding hydrogens is 311 g/mol. The lowest BCUT2D eigenvalue weighted by Gasteiger charge is -2.22. The van der Waals surface area contributed by atoms with Gasteiger partial charge in [-0.05, 0) is 6.07 Å². The number of alkyl halides is 5. The molecule has 0 saturated heterocycles. The Morgan fingerprint density at radius 2 is 1.75 bits per heavy atom. The monoisotopic (exact) mass is 320 g/mol. The first-order valence-corrected chi connectivity index (χ1v) is 6.46. The van der Waals surface area contributed by atoms with Crippen LogP contribution in [0.25, 0.3) is 0 Å². The van der Waals surface area contributed by atoms with Crippen LogP contribution < -0.4 is 14.6 Å². The molecule has 11 heteroatoms. The van der Waals surface area contributed by atoms with Crippen LogP contribution in [0.2, 0.25) is 0 Å². The van der Waals surface area contributed by atoms with Crippen LogP contribution in [0.4, 0.5) is 22.0 Å². The van der Waals surface area contributed by atoms with Gasteiger partial charge in [-0.15, -0.1) is 0 Å². The fourth-order valence-corrected chi connectivity index (χ4v) is 1.98. The summed E-state index contributed by atoms with van der Waals surface area (Å²) < 4.78 is 89.3. The van der Waals surface area contributed by atoms with Crippen molar-refractivity contribution < 1.29 is 35.1 Å². The second-order valence-corrected chi connectivity index (χ2v) is 4.88. The third-order valence-electron chi connectivity index (χ3n) is 2.06. The summed E-state index contributed by atoms with van der Waals surface area (Å²) in [6.45, 7) is -3.36. The number of hydrogen-bond acceptors (Lipinski definition) is 3. The van der Waals surface area contributed by atoms with E-state index in [0.29, 0.717) is 0 Å². The number of ether oxygens (including phenoxy) is 1. The Bertz CT molecular complexity index is 561. The molecular formula is C9H9F5N2O3S. The number of benzene rings is 1. The highest BCUT2D eigenvalue weighted by atomic mass is 32.2. The fraction of sp³-hybridized carbons (Fsp3) is 0.333. The van der Waals surface area contributed by atoms with Crippen molar-refractivity contribution in [3.63, 3.8) is 0 Å². The van der Waals surface area contributed by atoms with E-state index in [9.17, 15) is 30.4 Å². The molecule has 0 aliphatic carbocycles. The van der Waals surface area contributed by atoms with Crippen LogP contribution in [0.15, 0.2) is 24.3 Å². The van der Waals surface area contributed by atoms with Crippen LogP contribution in [0.1, 0.15) is 11.6 Å². The molecule has 114 valence electrons. The maximum absolute atomic E-state index is 12.8. The van der Waals surface area contributed by atoms with Gasteiger partial charge in [0.15, 0.2) is 0 Å². The average Bonchev–Trinajstić information content (AvgIpc) is 2.23. The van der Waals surface area contributed by atoms with Gasteiger partial charge in [-0.1, -0.05) is 18.2 Å². The normalized spacial score (nSPS) is 14.3. The summed E-state index contributed by atoms with van der Waals surface area (Å²) in [4.78, 5) is 0. The van der Waals surface area contributed by atoms with Gasteiger partial charge >= 0.3 is 12.8 Å². The van der Waals surface area contributed by atoms with E-state index in [0.717, 1.165) is 29.0 Å². The largest absolute Gasteiger partial charge is 0.434 e. The smallest absolute Gasteiger partial charge is 0.409 e. The molecule has 3 N–H and O–H groups in total. The van der Waals surface area contributed by atoms with Crippen molar-refractivity contribution in [1.82, 2.24) is 4.72 Å². The van der Waals surface area contributed by atoms with E-state index in [4.69, 9.17) is 0 Å². The SMILES string of the molecule is NS(=O)(=O)N[C@H](c1ccccc1OC(F)F)C(F)(F)F. The molecule has 1 atom stereocenters. The highest BCUT2D eigenvalue weighted by molar-refractivity contribution is 7.87. The zero-order chi connectivity index (χ0) is 15.6. The first kappa shape index (κ1) is 16.6. The first-order valence-electron chi connectivity index (χ1n) is 4.91. The quantitative estimate of drug-likeness (QED) is 0.810. The van der Waals surface area contributed by atoms with Gasteiger partial charge in [0.25, 0.3) is 10.2 Å². The van der Waals surface area contributed by atoms with Gasteiger partial charge in [0.05, 0.1) is 0 Å². The van der Waals surface area contributed by atoms with E-state index in [1.165, 1.54) is 0 Å². The first-order chi connectivity index (χ1) is 9.00. The van der Waals surface area contributed by atoms with E-state index in [2.05, 4.69) is 9.88 Å². The van der Waals surface area contributed by atoms with Crippen molar-refractivity contribution in [3.05, 3.63) is 29.8 Å². The number of nitrogens with two attached hydrogens (primary N) is 1. The summed E-state index contributed by atoms with van der Waals surface area (Å²) in [6, 6.07) is 1.12. The van der Waals surface area contributed by atoms with E-state index in [-0.39, 0.29) is 0 Å². The summed E-state index contributed by atoms with van der Waals surface area (Å²) >= 11 is 0. The molecule has 1 rings (SSSR count). The maximum Gasteiger partial charge on any atom is 0.409 e. The molecule has 0 aliphatic heterocycles. The summed E-state index contributed by atoms with van der Waals surface area (Å²) in [6.07, 6.45) is -5.09. The molecule has 0 amide bonds. The average molecular weight is 320 g/mol. The molecule has 1 aromatic rings.